The van der Waals surface area contributed by atoms with E-state index in [1.54, 1.807) is 0 Å². The summed E-state index contributed by atoms with van der Waals surface area (Å²) in [4.78, 5) is 31.1. The van der Waals surface area contributed by atoms with E-state index in [1.165, 1.54) is 6.92 Å². The van der Waals surface area contributed by atoms with Crippen molar-refractivity contribution in [3.8, 4) is 0 Å². The van der Waals surface area contributed by atoms with Crippen molar-refractivity contribution in [1.29, 1.82) is 0 Å². The van der Waals surface area contributed by atoms with Crippen LogP contribution in [0.15, 0.2) is 0 Å². The van der Waals surface area contributed by atoms with Gasteiger partial charge in [0.2, 0.25) is 0 Å². The van der Waals surface area contributed by atoms with Crippen molar-refractivity contribution >= 4 is 17.7 Å². The number of esters is 2. The maximum atomic E-state index is 10.6. The largest absolute Gasteiger partial charge is 0.394 e. The number of ether oxygens (including phenoxy) is 2. The second kappa shape index (κ2) is 13.1. The normalized spacial score (nSPS) is 11.0. The highest BCUT2D eigenvalue weighted by atomic mass is 16.6. The number of carbonyl (C=O) groups is 3. The Morgan fingerprint density at radius 3 is 2.11 bits per heavy atom. The second-order valence-corrected chi connectivity index (χ2v) is 3.66. The van der Waals surface area contributed by atoms with E-state index in [4.69, 9.17) is 14.9 Å². The van der Waals surface area contributed by atoms with Gasteiger partial charge in [0, 0.05) is 20.0 Å². The molecular formula is C12H22O7. The van der Waals surface area contributed by atoms with Gasteiger partial charge in [0.1, 0.15) is 11.9 Å². The molecule has 0 aliphatic heterocycles. The third-order valence-corrected chi connectivity index (χ3v) is 1.66. The number of aliphatic hydroxyl groups is 2. The Balaban J connectivity index is 0. The fourth-order valence-electron chi connectivity index (χ4n) is 0.796. The highest BCUT2D eigenvalue weighted by molar-refractivity contribution is 5.87. The van der Waals surface area contributed by atoms with E-state index >= 15 is 0 Å². The lowest BCUT2D eigenvalue weighted by atomic mass is 10.2. The van der Waals surface area contributed by atoms with E-state index in [-0.39, 0.29) is 31.8 Å². The molecule has 0 aromatic carbocycles. The molecule has 19 heavy (non-hydrogen) atoms. The molecule has 0 saturated carbocycles. The van der Waals surface area contributed by atoms with Crippen LogP contribution in [0.25, 0.3) is 0 Å². The summed E-state index contributed by atoms with van der Waals surface area (Å²) in [6, 6.07) is 0. The average Bonchev–Trinajstić information content (AvgIpc) is 2.33. The van der Waals surface area contributed by atoms with Gasteiger partial charge in [-0.25, -0.2) is 0 Å². The number of Topliss-reactive ketones (excluding diaryl/α,β-unsaturated/α-hetero) is 1. The lowest BCUT2D eigenvalue weighted by molar-refractivity contribution is -0.158. The molecule has 0 aromatic rings. The van der Waals surface area contributed by atoms with E-state index in [2.05, 4.69) is 4.74 Å². The summed E-state index contributed by atoms with van der Waals surface area (Å²) in [6.07, 6.45) is -0.601. The molecular weight excluding hydrogens is 256 g/mol. The molecule has 0 fully saturated rings. The summed E-state index contributed by atoms with van der Waals surface area (Å²) in [7, 11) is 0. The Bertz CT molecular complexity index is 275. The summed E-state index contributed by atoms with van der Waals surface area (Å²) in [5.41, 5.74) is 0. The molecule has 7 heteroatoms. The first-order valence-electron chi connectivity index (χ1n) is 5.90. The summed E-state index contributed by atoms with van der Waals surface area (Å²) in [5, 5.41) is 16.8. The third-order valence-electron chi connectivity index (χ3n) is 1.66. The van der Waals surface area contributed by atoms with Crippen molar-refractivity contribution in [2.24, 2.45) is 0 Å². The predicted molar refractivity (Wildman–Crippen MR) is 66.3 cm³/mol. The van der Waals surface area contributed by atoms with Crippen LogP contribution in [0.2, 0.25) is 0 Å². The third kappa shape index (κ3) is 19.2. The van der Waals surface area contributed by atoms with Crippen LogP contribution in [-0.4, -0.2) is 53.9 Å². The van der Waals surface area contributed by atoms with Crippen molar-refractivity contribution < 1.29 is 34.1 Å². The molecule has 0 amide bonds. The Kier molecular flexibility index (Phi) is 13.8. The smallest absolute Gasteiger partial charge is 0.313 e. The van der Waals surface area contributed by atoms with Gasteiger partial charge in [-0.15, -0.1) is 0 Å². The molecule has 0 radical (unpaired) electrons. The molecule has 0 heterocycles. The van der Waals surface area contributed by atoms with E-state index < -0.39 is 18.0 Å². The Morgan fingerprint density at radius 1 is 1.16 bits per heavy atom. The van der Waals surface area contributed by atoms with Crippen molar-refractivity contribution in [2.75, 3.05) is 19.8 Å². The molecule has 1 unspecified atom stereocenters. The van der Waals surface area contributed by atoms with Crippen LogP contribution in [0.3, 0.4) is 0 Å². The van der Waals surface area contributed by atoms with Crippen LogP contribution in [0, 0.1) is 0 Å². The molecule has 0 aliphatic carbocycles. The predicted octanol–water partition coefficient (Wildman–Crippen LogP) is -0.179. The van der Waals surface area contributed by atoms with Gasteiger partial charge < -0.3 is 24.5 Å². The van der Waals surface area contributed by atoms with E-state index in [0.29, 0.717) is 6.61 Å². The minimum atomic E-state index is -0.713. The van der Waals surface area contributed by atoms with Gasteiger partial charge in [-0.1, -0.05) is 0 Å². The highest BCUT2D eigenvalue weighted by Gasteiger charge is 2.06. The van der Waals surface area contributed by atoms with Crippen LogP contribution in [0.1, 0.15) is 33.6 Å². The molecule has 0 saturated heterocycles. The van der Waals surface area contributed by atoms with Gasteiger partial charge >= 0.3 is 11.9 Å². The number of ketones is 1. The maximum Gasteiger partial charge on any atom is 0.313 e. The Morgan fingerprint density at radius 2 is 1.74 bits per heavy atom. The molecule has 0 aromatic heterocycles. The monoisotopic (exact) mass is 278 g/mol. The quantitative estimate of drug-likeness (QED) is 0.491. The van der Waals surface area contributed by atoms with Gasteiger partial charge in [0.05, 0.1) is 19.6 Å². The molecule has 0 spiro atoms. The highest BCUT2D eigenvalue weighted by Crippen LogP contribution is 1.93. The Labute approximate surface area is 112 Å². The lowest BCUT2D eigenvalue weighted by Crippen LogP contribution is -2.19. The first-order chi connectivity index (χ1) is 8.83. The zero-order valence-electron chi connectivity index (χ0n) is 11.5. The fourth-order valence-corrected chi connectivity index (χ4v) is 0.796. The number of carbonyl (C=O) groups excluding carboxylic acids is 3. The molecule has 1 atom stereocenters. The summed E-state index contributed by atoms with van der Waals surface area (Å²) < 4.78 is 8.95. The van der Waals surface area contributed by atoms with Crippen LogP contribution in [-0.2, 0) is 23.9 Å². The first kappa shape index (κ1) is 20.0. The maximum absolute atomic E-state index is 10.6. The van der Waals surface area contributed by atoms with Crippen molar-refractivity contribution in [1.82, 2.24) is 0 Å². The van der Waals surface area contributed by atoms with Crippen LogP contribution < -0.4 is 0 Å². The van der Waals surface area contributed by atoms with E-state index in [9.17, 15) is 14.4 Å². The summed E-state index contributed by atoms with van der Waals surface area (Å²) >= 11 is 0. The zero-order valence-corrected chi connectivity index (χ0v) is 11.5. The zero-order chi connectivity index (χ0) is 15.3. The second-order valence-electron chi connectivity index (χ2n) is 3.66. The number of hydrogen-bond acceptors (Lipinski definition) is 7. The summed E-state index contributed by atoms with van der Waals surface area (Å²) in [6.45, 7) is 4.95. The number of aliphatic hydroxyl groups excluding tert-OH is 2. The fraction of sp³-hybridized carbons (Fsp3) is 0.750. The molecule has 0 aliphatic rings. The van der Waals surface area contributed by atoms with Crippen molar-refractivity contribution in [2.45, 2.75) is 39.7 Å². The van der Waals surface area contributed by atoms with Crippen LogP contribution in [0.5, 0.6) is 0 Å². The van der Waals surface area contributed by atoms with Gasteiger partial charge in [0.15, 0.2) is 0 Å². The molecule has 2 N–H and O–H groups in total. The lowest BCUT2D eigenvalue weighted by Gasteiger charge is -2.04. The van der Waals surface area contributed by atoms with Crippen LogP contribution >= 0.6 is 0 Å². The standard InChI is InChI=1S/C7H10O4.C5H12O3/c1-5(8)3-4-7(10)11-6(2)9;1-2-8-4-5(7)3-6/h3-4H2,1-2H3;5-7H,2-4H2,1H3. The number of hydrogen-bond donors (Lipinski definition) is 2. The van der Waals surface area contributed by atoms with Crippen molar-refractivity contribution in [3.05, 3.63) is 0 Å². The molecule has 112 valence electrons. The first-order valence-corrected chi connectivity index (χ1v) is 5.90. The van der Waals surface area contributed by atoms with Crippen LogP contribution in [0.4, 0.5) is 0 Å². The molecule has 0 rings (SSSR count). The van der Waals surface area contributed by atoms with Gasteiger partial charge in [-0.3, -0.25) is 9.59 Å². The van der Waals surface area contributed by atoms with Gasteiger partial charge in [-0.2, -0.15) is 0 Å². The Hall–Kier alpha value is -1.31. The summed E-state index contributed by atoms with van der Waals surface area (Å²) in [5.74, 6) is -1.38. The topological polar surface area (TPSA) is 110 Å². The average molecular weight is 278 g/mol. The minimum Gasteiger partial charge on any atom is -0.394 e. The molecule has 0 bridgehead atoms. The van der Waals surface area contributed by atoms with E-state index in [1.807, 2.05) is 6.92 Å². The minimum absolute atomic E-state index is 0.0189. The molecule has 7 nitrogen and oxygen atoms in total. The van der Waals surface area contributed by atoms with Gasteiger partial charge in [0.25, 0.3) is 0 Å². The SMILES string of the molecule is CC(=O)CCC(=O)OC(C)=O.CCOCC(O)CO. The van der Waals surface area contributed by atoms with E-state index in [0.717, 1.165) is 6.92 Å². The number of rotatable bonds is 7. The van der Waals surface area contributed by atoms with Crippen molar-refractivity contribution in [3.63, 3.8) is 0 Å². The van der Waals surface area contributed by atoms with Gasteiger partial charge in [-0.05, 0) is 13.8 Å².